The van der Waals surface area contributed by atoms with Gasteiger partial charge < -0.3 is 0 Å². The maximum absolute atomic E-state index is 11.8. The molecule has 124 valence electrons. The van der Waals surface area contributed by atoms with Gasteiger partial charge in [0.15, 0.2) is 0 Å². The van der Waals surface area contributed by atoms with Crippen LogP contribution in [0.1, 0.15) is 26.0 Å². The maximum Gasteiger partial charge on any atom is 0.211 e. The minimum Gasteiger partial charge on any atom is -0.259 e. The van der Waals surface area contributed by atoms with Gasteiger partial charge in [-0.3, -0.25) is 9.98 Å². The zero-order valence-corrected chi connectivity index (χ0v) is 14.6. The molecule has 1 heterocycles. The van der Waals surface area contributed by atoms with Crippen LogP contribution in [-0.2, 0) is 10.0 Å². The van der Waals surface area contributed by atoms with E-state index in [0.717, 1.165) is 22.3 Å². The summed E-state index contributed by atoms with van der Waals surface area (Å²) in [6.07, 6.45) is 2.24. The molecule has 0 amide bonds. The second-order valence-corrected chi connectivity index (χ2v) is 7.89. The fraction of sp³-hybridized carbons (Fsp3) is 0.412. The van der Waals surface area contributed by atoms with Gasteiger partial charge in [0.2, 0.25) is 10.0 Å². The topological polar surface area (TPSA) is 71.4 Å². The highest BCUT2D eigenvalue weighted by molar-refractivity contribution is 7.89. The Labute approximate surface area is 137 Å². The molecule has 6 heteroatoms. The SMILES string of the molecule is Cc1cc(N=CCNS(=O)(=O)CCC(C)C)c2ccccc2n1. The molecule has 0 aliphatic heterocycles. The van der Waals surface area contributed by atoms with Gasteiger partial charge in [0.1, 0.15) is 0 Å². The van der Waals surface area contributed by atoms with Crippen molar-refractivity contribution < 1.29 is 8.42 Å². The minimum absolute atomic E-state index is 0.149. The normalized spacial score (nSPS) is 12.5. The van der Waals surface area contributed by atoms with Crippen LogP contribution in [0.5, 0.6) is 0 Å². The molecule has 1 N–H and O–H groups in total. The number of nitrogens with one attached hydrogen (secondary N) is 1. The highest BCUT2D eigenvalue weighted by Gasteiger charge is 2.09. The number of fused-ring (bicyclic) bond motifs is 1. The van der Waals surface area contributed by atoms with Gasteiger partial charge in [-0.1, -0.05) is 32.0 Å². The Kier molecular flexibility index (Phi) is 5.85. The Morgan fingerprint density at radius 3 is 2.78 bits per heavy atom. The molecule has 23 heavy (non-hydrogen) atoms. The van der Waals surface area contributed by atoms with Gasteiger partial charge in [0.05, 0.1) is 17.0 Å². The quantitative estimate of drug-likeness (QED) is 0.791. The van der Waals surface area contributed by atoms with E-state index in [1.54, 1.807) is 6.21 Å². The molecular weight excluding hydrogens is 310 g/mol. The molecule has 2 rings (SSSR count). The first-order chi connectivity index (χ1) is 10.9. The zero-order valence-electron chi connectivity index (χ0n) is 13.8. The van der Waals surface area contributed by atoms with Crippen LogP contribution in [-0.4, -0.2) is 31.9 Å². The molecule has 0 atom stereocenters. The van der Waals surface area contributed by atoms with Crippen molar-refractivity contribution >= 4 is 32.8 Å². The fourth-order valence-corrected chi connectivity index (χ4v) is 3.42. The molecule has 2 aromatic rings. The Morgan fingerprint density at radius 1 is 1.30 bits per heavy atom. The maximum atomic E-state index is 11.8. The molecule has 5 nitrogen and oxygen atoms in total. The number of rotatable bonds is 7. The third-order valence-corrected chi connectivity index (χ3v) is 4.79. The first-order valence-electron chi connectivity index (χ1n) is 7.73. The number of benzene rings is 1. The van der Waals surface area contributed by atoms with Crippen LogP contribution in [0.25, 0.3) is 10.9 Å². The van der Waals surface area contributed by atoms with Crippen LogP contribution in [0.2, 0.25) is 0 Å². The van der Waals surface area contributed by atoms with Crippen molar-refractivity contribution in [3.05, 3.63) is 36.0 Å². The van der Waals surface area contributed by atoms with E-state index in [0.29, 0.717) is 12.3 Å². The van der Waals surface area contributed by atoms with Gasteiger partial charge in [0, 0.05) is 23.8 Å². The second-order valence-electron chi connectivity index (χ2n) is 5.96. The number of aryl methyl sites for hydroxylation is 1. The number of pyridine rings is 1. The predicted molar refractivity (Wildman–Crippen MR) is 95.9 cm³/mol. The minimum atomic E-state index is -3.24. The molecule has 1 aromatic carbocycles. The van der Waals surface area contributed by atoms with E-state index in [1.807, 2.05) is 51.1 Å². The molecule has 0 bridgehead atoms. The average Bonchev–Trinajstić information content (AvgIpc) is 2.49. The summed E-state index contributed by atoms with van der Waals surface area (Å²) in [5.74, 6) is 0.516. The summed E-state index contributed by atoms with van der Waals surface area (Å²) in [6.45, 7) is 6.12. The molecule has 0 aliphatic carbocycles. The highest BCUT2D eigenvalue weighted by atomic mass is 32.2. The fourth-order valence-electron chi connectivity index (χ4n) is 2.16. The number of hydrogen-bond acceptors (Lipinski definition) is 4. The van der Waals surface area contributed by atoms with Gasteiger partial charge in [-0.2, -0.15) is 0 Å². The third-order valence-electron chi connectivity index (χ3n) is 3.41. The first kappa shape index (κ1) is 17.6. The zero-order chi connectivity index (χ0) is 16.9. The lowest BCUT2D eigenvalue weighted by molar-refractivity contribution is 0.566. The molecule has 0 fully saturated rings. The van der Waals surface area contributed by atoms with E-state index in [2.05, 4.69) is 14.7 Å². The smallest absolute Gasteiger partial charge is 0.211 e. The second kappa shape index (κ2) is 7.66. The van der Waals surface area contributed by atoms with Gasteiger partial charge in [-0.15, -0.1) is 0 Å². The van der Waals surface area contributed by atoms with Crippen LogP contribution < -0.4 is 4.72 Å². The van der Waals surface area contributed by atoms with Gasteiger partial charge >= 0.3 is 0 Å². The van der Waals surface area contributed by atoms with Crippen LogP contribution >= 0.6 is 0 Å². The average molecular weight is 333 g/mol. The number of aliphatic imine (C=N–C) groups is 1. The summed E-state index contributed by atoms with van der Waals surface area (Å²) in [6, 6.07) is 9.67. The first-order valence-corrected chi connectivity index (χ1v) is 9.39. The van der Waals surface area contributed by atoms with Crippen molar-refractivity contribution in [2.75, 3.05) is 12.3 Å². The Bertz CT molecular complexity index is 799. The van der Waals surface area contributed by atoms with Crippen molar-refractivity contribution in [2.24, 2.45) is 10.9 Å². The highest BCUT2D eigenvalue weighted by Crippen LogP contribution is 2.25. The van der Waals surface area contributed by atoms with E-state index in [1.165, 1.54) is 0 Å². The lowest BCUT2D eigenvalue weighted by Gasteiger charge is -2.06. The summed E-state index contributed by atoms with van der Waals surface area (Å²) in [4.78, 5) is 8.86. The monoisotopic (exact) mass is 333 g/mol. The van der Waals surface area contributed by atoms with Crippen molar-refractivity contribution in [2.45, 2.75) is 27.2 Å². The molecule has 0 aliphatic rings. The number of sulfonamides is 1. The van der Waals surface area contributed by atoms with Gasteiger partial charge in [0.25, 0.3) is 0 Å². The molecular formula is C17H23N3O2S. The molecule has 0 unspecified atom stereocenters. The van der Waals surface area contributed by atoms with Crippen molar-refractivity contribution in [3.63, 3.8) is 0 Å². The van der Waals surface area contributed by atoms with E-state index in [4.69, 9.17) is 0 Å². The number of aromatic nitrogens is 1. The third kappa shape index (κ3) is 5.41. The van der Waals surface area contributed by atoms with E-state index in [9.17, 15) is 8.42 Å². The van der Waals surface area contributed by atoms with E-state index < -0.39 is 10.0 Å². The largest absolute Gasteiger partial charge is 0.259 e. The van der Waals surface area contributed by atoms with E-state index >= 15 is 0 Å². The summed E-state index contributed by atoms with van der Waals surface area (Å²) in [7, 11) is -3.24. The number of para-hydroxylation sites is 1. The standard InChI is InChI=1S/C17H23N3O2S/c1-13(2)8-11-23(21,22)19-10-9-18-17-12-14(3)20-16-7-5-4-6-15(16)17/h4-7,9,12-13,19H,8,10-11H2,1-3H3. The van der Waals surface area contributed by atoms with Gasteiger partial charge in [-0.05, 0) is 31.4 Å². The summed E-state index contributed by atoms with van der Waals surface area (Å²) in [5, 5.41) is 0.956. The number of nitrogens with zero attached hydrogens (tertiary/aromatic N) is 2. The van der Waals surface area contributed by atoms with E-state index in [-0.39, 0.29) is 12.3 Å². The van der Waals surface area contributed by atoms with Crippen LogP contribution in [0.15, 0.2) is 35.3 Å². The van der Waals surface area contributed by atoms with Crippen LogP contribution in [0.3, 0.4) is 0 Å². The van der Waals surface area contributed by atoms with Crippen molar-refractivity contribution in [1.29, 1.82) is 0 Å². The summed E-state index contributed by atoms with van der Waals surface area (Å²) >= 11 is 0. The lowest BCUT2D eigenvalue weighted by atomic mass is 10.1. The molecule has 0 saturated carbocycles. The van der Waals surface area contributed by atoms with Crippen LogP contribution in [0, 0.1) is 12.8 Å². The molecule has 0 radical (unpaired) electrons. The summed E-state index contributed by atoms with van der Waals surface area (Å²) in [5.41, 5.74) is 2.57. The molecule has 0 spiro atoms. The predicted octanol–water partition coefficient (Wildman–Crippen LogP) is 3.21. The lowest BCUT2D eigenvalue weighted by Crippen LogP contribution is -2.28. The van der Waals surface area contributed by atoms with Crippen molar-refractivity contribution in [3.8, 4) is 0 Å². The van der Waals surface area contributed by atoms with Crippen molar-refractivity contribution in [1.82, 2.24) is 9.71 Å². The number of hydrogen-bond donors (Lipinski definition) is 1. The summed E-state index contributed by atoms with van der Waals surface area (Å²) < 4.78 is 26.2. The Hall–Kier alpha value is -1.79. The van der Waals surface area contributed by atoms with Crippen LogP contribution in [0.4, 0.5) is 5.69 Å². The Morgan fingerprint density at radius 2 is 2.04 bits per heavy atom. The molecule has 1 aromatic heterocycles. The van der Waals surface area contributed by atoms with Gasteiger partial charge in [-0.25, -0.2) is 13.1 Å². The molecule has 0 saturated heterocycles. The Balaban J connectivity index is 2.04.